The molecule has 1 rings (SSSR count). The molecule has 0 aromatic carbocycles. The van der Waals surface area contributed by atoms with Crippen LogP contribution in [0, 0.1) is 5.92 Å². The highest BCUT2D eigenvalue weighted by Gasteiger charge is 2.39. The van der Waals surface area contributed by atoms with E-state index in [4.69, 9.17) is 15.2 Å². The quantitative estimate of drug-likeness (QED) is 0.760. The van der Waals surface area contributed by atoms with Gasteiger partial charge in [0.25, 0.3) is 0 Å². The lowest BCUT2D eigenvalue weighted by Crippen LogP contribution is -2.54. The molecule has 2 N–H and O–H groups in total. The minimum atomic E-state index is -0.128. The molecule has 16 heavy (non-hydrogen) atoms. The number of hydrogen-bond acceptors (Lipinski definition) is 3. The Labute approximate surface area is 99.7 Å². The zero-order valence-electron chi connectivity index (χ0n) is 11.0. The third-order valence-electron chi connectivity index (χ3n) is 4.01. The summed E-state index contributed by atoms with van der Waals surface area (Å²) in [4.78, 5) is 0. The summed E-state index contributed by atoms with van der Waals surface area (Å²) in [5, 5.41) is 0. The van der Waals surface area contributed by atoms with Gasteiger partial charge in [-0.25, -0.2) is 0 Å². The Kier molecular flexibility index (Phi) is 5.73. The fourth-order valence-corrected chi connectivity index (χ4v) is 2.81. The van der Waals surface area contributed by atoms with Gasteiger partial charge < -0.3 is 15.2 Å². The highest BCUT2D eigenvalue weighted by Crippen LogP contribution is 2.32. The van der Waals surface area contributed by atoms with Gasteiger partial charge in [0.1, 0.15) is 0 Å². The molecule has 0 radical (unpaired) electrons. The van der Waals surface area contributed by atoms with Crippen LogP contribution in [-0.2, 0) is 9.47 Å². The van der Waals surface area contributed by atoms with E-state index in [0.717, 1.165) is 45.5 Å². The molecule has 0 spiro atoms. The Hall–Kier alpha value is -0.120. The van der Waals surface area contributed by atoms with E-state index in [1.807, 2.05) is 0 Å². The zero-order chi connectivity index (χ0) is 12.0. The van der Waals surface area contributed by atoms with Crippen molar-refractivity contribution in [1.29, 1.82) is 0 Å². The summed E-state index contributed by atoms with van der Waals surface area (Å²) in [6, 6.07) is 0.145. The molecule has 0 aromatic rings. The van der Waals surface area contributed by atoms with Crippen molar-refractivity contribution in [3.8, 4) is 0 Å². The molecule has 96 valence electrons. The second-order valence-corrected chi connectivity index (χ2v) is 4.68. The van der Waals surface area contributed by atoms with E-state index >= 15 is 0 Å². The molecule has 0 bridgehead atoms. The molecule has 1 saturated heterocycles. The second kappa shape index (κ2) is 6.58. The molecule has 1 aliphatic rings. The maximum absolute atomic E-state index is 6.45. The van der Waals surface area contributed by atoms with E-state index < -0.39 is 0 Å². The van der Waals surface area contributed by atoms with Crippen LogP contribution in [0.3, 0.4) is 0 Å². The van der Waals surface area contributed by atoms with Gasteiger partial charge >= 0.3 is 0 Å². The topological polar surface area (TPSA) is 44.5 Å². The standard InChI is InChI=1S/C13H27NO2/c1-4-13(5-2,16-6-3)12(14)11-7-9-15-10-8-11/h11-12H,4-10,14H2,1-3H3. The highest BCUT2D eigenvalue weighted by molar-refractivity contribution is 4.94. The van der Waals surface area contributed by atoms with Gasteiger partial charge in [0, 0.05) is 25.9 Å². The Balaban J connectivity index is 2.67. The first-order chi connectivity index (χ1) is 7.70. The van der Waals surface area contributed by atoms with Crippen LogP contribution < -0.4 is 5.73 Å². The van der Waals surface area contributed by atoms with Crippen LogP contribution in [0.15, 0.2) is 0 Å². The van der Waals surface area contributed by atoms with Crippen LogP contribution in [0.4, 0.5) is 0 Å². The number of nitrogens with two attached hydrogens (primary N) is 1. The summed E-state index contributed by atoms with van der Waals surface area (Å²) in [7, 11) is 0. The Morgan fingerprint density at radius 2 is 1.81 bits per heavy atom. The van der Waals surface area contributed by atoms with Gasteiger partial charge in [-0.1, -0.05) is 13.8 Å². The summed E-state index contributed by atoms with van der Waals surface area (Å²) in [6.45, 7) is 8.87. The van der Waals surface area contributed by atoms with Crippen molar-refractivity contribution >= 4 is 0 Å². The zero-order valence-corrected chi connectivity index (χ0v) is 11.0. The van der Waals surface area contributed by atoms with Gasteiger partial charge in [0.2, 0.25) is 0 Å². The molecule has 1 heterocycles. The van der Waals surface area contributed by atoms with Crippen molar-refractivity contribution in [3.05, 3.63) is 0 Å². The van der Waals surface area contributed by atoms with Crippen LogP contribution in [0.2, 0.25) is 0 Å². The first kappa shape index (κ1) is 13.9. The molecule has 0 aliphatic carbocycles. The minimum absolute atomic E-state index is 0.128. The third-order valence-corrected chi connectivity index (χ3v) is 4.01. The summed E-state index contributed by atoms with van der Waals surface area (Å²) in [6.07, 6.45) is 4.15. The molecule has 3 nitrogen and oxygen atoms in total. The molecule has 3 heteroatoms. The largest absolute Gasteiger partial charge is 0.381 e. The monoisotopic (exact) mass is 229 g/mol. The Bertz CT molecular complexity index is 186. The van der Waals surface area contributed by atoms with E-state index in [1.54, 1.807) is 0 Å². The second-order valence-electron chi connectivity index (χ2n) is 4.68. The lowest BCUT2D eigenvalue weighted by Gasteiger charge is -2.42. The van der Waals surface area contributed by atoms with E-state index in [0.29, 0.717) is 5.92 Å². The van der Waals surface area contributed by atoms with Crippen LogP contribution in [-0.4, -0.2) is 31.5 Å². The van der Waals surface area contributed by atoms with Crippen molar-refractivity contribution < 1.29 is 9.47 Å². The van der Waals surface area contributed by atoms with E-state index in [1.165, 1.54) is 0 Å². The fraction of sp³-hybridized carbons (Fsp3) is 1.00. The molecule has 0 amide bonds. The van der Waals surface area contributed by atoms with Gasteiger partial charge in [-0.3, -0.25) is 0 Å². The van der Waals surface area contributed by atoms with E-state index in [2.05, 4.69) is 20.8 Å². The molecule has 1 aliphatic heterocycles. The maximum Gasteiger partial charge on any atom is 0.0829 e. The predicted molar refractivity (Wildman–Crippen MR) is 66.5 cm³/mol. The molecule has 1 atom stereocenters. The van der Waals surface area contributed by atoms with E-state index in [9.17, 15) is 0 Å². The van der Waals surface area contributed by atoms with Crippen molar-refractivity contribution in [3.63, 3.8) is 0 Å². The fourth-order valence-electron chi connectivity index (χ4n) is 2.81. The van der Waals surface area contributed by atoms with Crippen LogP contribution in [0.5, 0.6) is 0 Å². The van der Waals surface area contributed by atoms with E-state index in [-0.39, 0.29) is 11.6 Å². The van der Waals surface area contributed by atoms with Gasteiger partial charge in [-0.2, -0.15) is 0 Å². The number of hydrogen-bond donors (Lipinski definition) is 1. The summed E-state index contributed by atoms with van der Waals surface area (Å²) < 4.78 is 11.4. The summed E-state index contributed by atoms with van der Waals surface area (Å²) in [5.74, 6) is 0.556. The molecular formula is C13H27NO2. The smallest absolute Gasteiger partial charge is 0.0829 e. The molecule has 1 unspecified atom stereocenters. The van der Waals surface area contributed by atoms with Gasteiger partial charge in [0.15, 0.2) is 0 Å². The van der Waals surface area contributed by atoms with Gasteiger partial charge in [-0.15, -0.1) is 0 Å². The average molecular weight is 229 g/mol. The first-order valence-corrected chi connectivity index (χ1v) is 6.67. The molecular weight excluding hydrogens is 202 g/mol. The Morgan fingerprint density at radius 3 is 2.25 bits per heavy atom. The van der Waals surface area contributed by atoms with Crippen molar-refractivity contribution in [2.45, 2.75) is 58.1 Å². The maximum atomic E-state index is 6.45. The lowest BCUT2D eigenvalue weighted by molar-refractivity contribution is -0.0865. The normalized spacial score (nSPS) is 21.0. The molecule has 0 aromatic heterocycles. The van der Waals surface area contributed by atoms with Crippen LogP contribution in [0.25, 0.3) is 0 Å². The SMILES string of the molecule is CCOC(CC)(CC)C(N)C1CCOCC1. The van der Waals surface area contributed by atoms with Crippen LogP contribution >= 0.6 is 0 Å². The third kappa shape index (κ3) is 2.96. The number of ether oxygens (including phenoxy) is 2. The highest BCUT2D eigenvalue weighted by atomic mass is 16.5. The van der Waals surface area contributed by atoms with Gasteiger partial charge in [-0.05, 0) is 38.5 Å². The average Bonchev–Trinajstić information content (AvgIpc) is 2.36. The lowest BCUT2D eigenvalue weighted by atomic mass is 9.78. The molecule has 1 fully saturated rings. The minimum Gasteiger partial charge on any atom is -0.381 e. The predicted octanol–water partition coefficient (Wildman–Crippen LogP) is 2.34. The molecule has 0 saturated carbocycles. The van der Waals surface area contributed by atoms with Crippen molar-refractivity contribution in [1.82, 2.24) is 0 Å². The Morgan fingerprint density at radius 1 is 1.25 bits per heavy atom. The number of rotatable bonds is 6. The van der Waals surface area contributed by atoms with Gasteiger partial charge in [0.05, 0.1) is 5.60 Å². The summed E-state index contributed by atoms with van der Waals surface area (Å²) in [5.41, 5.74) is 6.33. The first-order valence-electron chi connectivity index (χ1n) is 6.67. The van der Waals surface area contributed by atoms with Crippen molar-refractivity contribution in [2.24, 2.45) is 11.7 Å². The summed E-state index contributed by atoms with van der Waals surface area (Å²) >= 11 is 0. The van der Waals surface area contributed by atoms with Crippen molar-refractivity contribution in [2.75, 3.05) is 19.8 Å². The van der Waals surface area contributed by atoms with Crippen LogP contribution in [0.1, 0.15) is 46.5 Å².